The van der Waals surface area contributed by atoms with E-state index in [0.717, 1.165) is 29.8 Å². The maximum Gasteiger partial charge on any atom is 0.191 e. The molecule has 2 aromatic rings. The number of pyridine rings is 1. The summed E-state index contributed by atoms with van der Waals surface area (Å²) >= 11 is 0. The van der Waals surface area contributed by atoms with E-state index in [0.29, 0.717) is 12.6 Å². The summed E-state index contributed by atoms with van der Waals surface area (Å²) in [6, 6.07) is 6.67. The molecule has 1 fully saturated rings. The van der Waals surface area contributed by atoms with Gasteiger partial charge in [-0.1, -0.05) is 19.9 Å². The van der Waals surface area contributed by atoms with Crippen LogP contribution < -0.4 is 10.6 Å². The van der Waals surface area contributed by atoms with Crippen LogP contribution in [0.3, 0.4) is 0 Å². The molecule has 1 aliphatic heterocycles. The second-order valence-electron chi connectivity index (χ2n) is 7.94. The van der Waals surface area contributed by atoms with Gasteiger partial charge in [0.25, 0.3) is 0 Å². The number of guanidine groups is 1. The minimum absolute atomic E-state index is 0.495. The number of hydrogen-bond acceptors (Lipinski definition) is 3. The molecule has 0 saturated carbocycles. The lowest BCUT2D eigenvalue weighted by Gasteiger charge is -2.34. The Bertz CT molecular complexity index is 755. The van der Waals surface area contributed by atoms with E-state index < -0.39 is 0 Å². The van der Waals surface area contributed by atoms with Gasteiger partial charge in [0, 0.05) is 44.1 Å². The van der Waals surface area contributed by atoms with Crippen LogP contribution in [0.5, 0.6) is 0 Å². The minimum Gasteiger partial charge on any atom is -0.357 e. The van der Waals surface area contributed by atoms with Gasteiger partial charge >= 0.3 is 0 Å². The molecule has 0 amide bonds. The number of imidazole rings is 1. The van der Waals surface area contributed by atoms with Crippen molar-refractivity contribution in [2.75, 3.05) is 26.2 Å². The number of nitrogens with zero attached hydrogens (tertiary/aromatic N) is 4. The molecular formula is C21H34N6. The Morgan fingerprint density at radius 1 is 1.30 bits per heavy atom. The highest BCUT2D eigenvalue weighted by Crippen LogP contribution is 2.12. The lowest BCUT2D eigenvalue weighted by molar-refractivity contribution is 0.187. The third-order valence-electron chi connectivity index (χ3n) is 5.04. The van der Waals surface area contributed by atoms with Crippen LogP contribution in [0.25, 0.3) is 5.65 Å². The van der Waals surface area contributed by atoms with Crippen LogP contribution >= 0.6 is 0 Å². The molecule has 3 rings (SSSR count). The van der Waals surface area contributed by atoms with Crippen molar-refractivity contribution < 1.29 is 0 Å². The predicted octanol–water partition coefficient (Wildman–Crippen LogP) is 2.82. The topological polar surface area (TPSA) is 57.0 Å². The summed E-state index contributed by atoms with van der Waals surface area (Å²) in [5.41, 5.74) is 3.16. The van der Waals surface area contributed by atoms with E-state index in [1.165, 1.54) is 38.2 Å². The quantitative estimate of drug-likeness (QED) is 0.606. The van der Waals surface area contributed by atoms with Gasteiger partial charge in [0.05, 0.1) is 12.2 Å². The van der Waals surface area contributed by atoms with E-state index in [1.807, 2.05) is 12.1 Å². The summed E-state index contributed by atoms with van der Waals surface area (Å²) < 4.78 is 2.12. The fourth-order valence-corrected chi connectivity index (χ4v) is 3.72. The number of aryl methyl sites for hydroxylation is 1. The fourth-order valence-electron chi connectivity index (χ4n) is 3.72. The smallest absolute Gasteiger partial charge is 0.191 e. The van der Waals surface area contributed by atoms with Crippen molar-refractivity contribution in [3.05, 3.63) is 35.8 Å². The van der Waals surface area contributed by atoms with Gasteiger partial charge in [-0.05, 0) is 44.7 Å². The highest BCUT2D eigenvalue weighted by molar-refractivity contribution is 5.80. The van der Waals surface area contributed by atoms with E-state index in [1.54, 1.807) is 0 Å². The first kappa shape index (κ1) is 19.7. The minimum atomic E-state index is 0.495. The van der Waals surface area contributed by atoms with Crippen LogP contribution in [-0.4, -0.2) is 52.5 Å². The van der Waals surface area contributed by atoms with Gasteiger partial charge < -0.3 is 19.9 Å². The maximum absolute atomic E-state index is 4.78. The summed E-state index contributed by atoms with van der Waals surface area (Å²) in [5.74, 6) is 1.64. The number of aliphatic imine (C=N–C) groups is 1. The molecule has 3 heterocycles. The van der Waals surface area contributed by atoms with Crippen LogP contribution in [-0.2, 0) is 6.54 Å². The van der Waals surface area contributed by atoms with E-state index in [-0.39, 0.29) is 0 Å². The molecule has 2 aromatic heterocycles. The standard InChI is InChI=1S/C21H34N6/c1-5-22-21(25-18-9-11-26(12-10-18)14-16(2)3)23-13-19-15-27-17(4)7-6-8-20(27)24-19/h6-8,15-16,18H,5,9-14H2,1-4H3,(H2,22,23,25). The summed E-state index contributed by atoms with van der Waals surface area (Å²) in [7, 11) is 0. The molecule has 1 saturated heterocycles. The number of likely N-dealkylation sites (tertiary alicyclic amines) is 1. The average molecular weight is 371 g/mol. The van der Waals surface area contributed by atoms with Crippen molar-refractivity contribution in [3.63, 3.8) is 0 Å². The third-order valence-corrected chi connectivity index (χ3v) is 5.04. The zero-order valence-corrected chi connectivity index (χ0v) is 17.2. The highest BCUT2D eigenvalue weighted by Gasteiger charge is 2.20. The predicted molar refractivity (Wildman–Crippen MR) is 112 cm³/mol. The van der Waals surface area contributed by atoms with Gasteiger partial charge in [-0.25, -0.2) is 9.98 Å². The Hall–Kier alpha value is -2.08. The Morgan fingerprint density at radius 3 is 2.74 bits per heavy atom. The molecule has 2 N–H and O–H groups in total. The van der Waals surface area contributed by atoms with E-state index in [9.17, 15) is 0 Å². The van der Waals surface area contributed by atoms with E-state index >= 15 is 0 Å². The number of fused-ring (bicyclic) bond motifs is 1. The van der Waals surface area contributed by atoms with Crippen molar-refractivity contribution in [2.24, 2.45) is 10.9 Å². The normalized spacial score (nSPS) is 17.0. The Balaban J connectivity index is 1.58. The number of aromatic nitrogens is 2. The first-order chi connectivity index (χ1) is 13.0. The highest BCUT2D eigenvalue weighted by atomic mass is 15.2. The van der Waals surface area contributed by atoms with Crippen LogP contribution in [0.4, 0.5) is 0 Å². The first-order valence-electron chi connectivity index (χ1n) is 10.3. The molecule has 148 valence electrons. The molecule has 0 unspecified atom stereocenters. The van der Waals surface area contributed by atoms with E-state index in [4.69, 9.17) is 4.99 Å². The Labute approximate surface area is 163 Å². The maximum atomic E-state index is 4.78. The zero-order valence-electron chi connectivity index (χ0n) is 17.2. The molecule has 0 radical (unpaired) electrons. The molecule has 1 aliphatic rings. The molecule has 0 aliphatic carbocycles. The SMILES string of the molecule is CCNC(=NCc1cn2c(C)cccc2n1)NC1CCN(CC(C)C)CC1. The number of piperidine rings is 1. The molecular weight excluding hydrogens is 336 g/mol. The number of nitrogens with one attached hydrogen (secondary N) is 2. The summed E-state index contributed by atoms with van der Waals surface area (Å²) in [6.07, 6.45) is 4.43. The van der Waals surface area contributed by atoms with Crippen LogP contribution in [0.2, 0.25) is 0 Å². The third kappa shape index (κ3) is 5.45. The Morgan fingerprint density at radius 2 is 2.07 bits per heavy atom. The lowest BCUT2D eigenvalue weighted by Crippen LogP contribution is -2.49. The van der Waals surface area contributed by atoms with Crippen molar-refractivity contribution in [2.45, 2.75) is 53.1 Å². The monoisotopic (exact) mass is 370 g/mol. The van der Waals surface area contributed by atoms with Crippen molar-refractivity contribution in [3.8, 4) is 0 Å². The second-order valence-corrected chi connectivity index (χ2v) is 7.94. The van der Waals surface area contributed by atoms with Crippen molar-refractivity contribution in [1.29, 1.82) is 0 Å². The van der Waals surface area contributed by atoms with Crippen molar-refractivity contribution >= 4 is 11.6 Å². The largest absolute Gasteiger partial charge is 0.357 e. The van der Waals surface area contributed by atoms with Gasteiger partial charge in [0.1, 0.15) is 5.65 Å². The molecule has 6 heteroatoms. The van der Waals surface area contributed by atoms with Crippen LogP contribution in [0, 0.1) is 12.8 Å². The first-order valence-corrected chi connectivity index (χ1v) is 10.3. The van der Waals surface area contributed by atoms with E-state index in [2.05, 4.69) is 64.9 Å². The van der Waals surface area contributed by atoms with Gasteiger partial charge in [-0.2, -0.15) is 0 Å². The van der Waals surface area contributed by atoms with Gasteiger partial charge in [0.2, 0.25) is 0 Å². The van der Waals surface area contributed by atoms with Gasteiger partial charge in [0.15, 0.2) is 5.96 Å². The van der Waals surface area contributed by atoms with Crippen LogP contribution in [0.1, 0.15) is 45.0 Å². The fraction of sp³-hybridized carbons (Fsp3) is 0.619. The summed E-state index contributed by atoms with van der Waals surface area (Å²) in [5, 5.41) is 7.00. The molecule has 6 nitrogen and oxygen atoms in total. The Kier molecular flexibility index (Phi) is 6.72. The molecule has 0 aromatic carbocycles. The van der Waals surface area contributed by atoms with Crippen molar-refractivity contribution in [1.82, 2.24) is 24.9 Å². The molecule has 27 heavy (non-hydrogen) atoms. The number of hydrogen-bond donors (Lipinski definition) is 2. The van der Waals surface area contributed by atoms with Gasteiger partial charge in [-0.3, -0.25) is 0 Å². The molecule has 0 spiro atoms. The van der Waals surface area contributed by atoms with Gasteiger partial charge in [-0.15, -0.1) is 0 Å². The molecule has 0 atom stereocenters. The molecule has 0 bridgehead atoms. The summed E-state index contributed by atoms with van der Waals surface area (Å²) in [4.78, 5) is 12.0. The average Bonchev–Trinajstić information content (AvgIpc) is 3.06. The zero-order chi connectivity index (χ0) is 19.2. The second kappa shape index (κ2) is 9.22. The lowest BCUT2D eigenvalue weighted by atomic mass is 10.0. The van der Waals surface area contributed by atoms with Crippen LogP contribution in [0.15, 0.2) is 29.4 Å². The number of rotatable bonds is 6. The summed E-state index contributed by atoms with van der Waals surface area (Å²) in [6.45, 7) is 13.8.